The van der Waals surface area contributed by atoms with E-state index in [1.807, 2.05) is 0 Å². The number of aromatic nitrogens is 1. The van der Waals surface area contributed by atoms with Crippen LogP contribution in [-0.4, -0.2) is 29.2 Å². The maximum atomic E-state index is 12.8. The number of ether oxygens (including phenoxy) is 1. The van der Waals surface area contributed by atoms with E-state index in [4.69, 9.17) is 16.3 Å². The molecule has 10 heteroatoms. The second kappa shape index (κ2) is 11.0. The lowest BCUT2D eigenvalue weighted by molar-refractivity contribution is -0.138. The first-order chi connectivity index (χ1) is 15.4. The number of anilines is 1. The highest BCUT2D eigenvalue weighted by Gasteiger charge is 2.35. The Kier molecular flexibility index (Phi) is 8.11. The fourth-order valence-electron chi connectivity index (χ4n) is 3.08. The zero-order valence-electron chi connectivity index (χ0n) is 17.1. The standard InChI is InChI=1S/C22H19ClN4O3S2/c1-3-9-30-21(29)18-13(2)26-20(32-12-17(28)27-22-25-8-10-31-22)16(11-24)19(18)14-4-6-15(23)7-5-14/h3-8,10,19,26H,1,9,12H2,2H3,(H,25,27,28)/t19-/m1/s1. The zero-order valence-corrected chi connectivity index (χ0v) is 19.4. The summed E-state index contributed by atoms with van der Waals surface area (Å²) in [5.74, 6) is -1.41. The number of nitriles is 1. The van der Waals surface area contributed by atoms with Crippen molar-refractivity contribution in [2.75, 3.05) is 17.7 Å². The first-order valence-electron chi connectivity index (χ1n) is 9.42. The number of carbonyl (C=O) groups is 2. The van der Waals surface area contributed by atoms with Gasteiger partial charge in [-0.05, 0) is 24.6 Å². The third-order valence-electron chi connectivity index (χ3n) is 4.43. The number of amides is 1. The number of benzene rings is 1. The zero-order chi connectivity index (χ0) is 23.1. The van der Waals surface area contributed by atoms with Crippen molar-refractivity contribution in [3.8, 4) is 6.07 Å². The number of dihydropyridines is 1. The van der Waals surface area contributed by atoms with E-state index in [0.29, 0.717) is 37.6 Å². The van der Waals surface area contributed by atoms with Gasteiger partial charge in [0.25, 0.3) is 0 Å². The normalized spacial score (nSPS) is 15.6. The maximum absolute atomic E-state index is 12.8. The Morgan fingerprint density at radius 2 is 2.19 bits per heavy atom. The van der Waals surface area contributed by atoms with Crippen LogP contribution in [-0.2, 0) is 14.3 Å². The molecule has 0 spiro atoms. The molecule has 0 saturated heterocycles. The summed E-state index contributed by atoms with van der Waals surface area (Å²) in [6, 6.07) is 9.13. The van der Waals surface area contributed by atoms with Crippen molar-refractivity contribution in [3.63, 3.8) is 0 Å². The molecule has 2 heterocycles. The van der Waals surface area contributed by atoms with Crippen molar-refractivity contribution in [3.05, 3.63) is 81.0 Å². The van der Waals surface area contributed by atoms with Crippen molar-refractivity contribution in [2.24, 2.45) is 0 Å². The van der Waals surface area contributed by atoms with Crippen molar-refractivity contribution in [1.29, 1.82) is 5.26 Å². The summed E-state index contributed by atoms with van der Waals surface area (Å²) in [4.78, 5) is 29.2. The van der Waals surface area contributed by atoms with Gasteiger partial charge in [-0.2, -0.15) is 5.26 Å². The van der Waals surface area contributed by atoms with Crippen molar-refractivity contribution in [2.45, 2.75) is 12.8 Å². The average molecular weight is 487 g/mol. The van der Waals surface area contributed by atoms with E-state index in [2.05, 4.69) is 28.3 Å². The average Bonchev–Trinajstić information content (AvgIpc) is 3.29. The number of hydrogen-bond acceptors (Lipinski definition) is 8. The molecule has 0 unspecified atom stereocenters. The largest absolute Gasteiger partial charge is 0.458 e. The lowest BCUT2D eigenvalue weighted by Gasteiger charge is -2.29. The Hall–Kier alpha value is -3.06. The van der Waals surface area contributed by atoms with Crippen LogP contribution in [0.5, 0.6) is 0 Å². The quantitative estimate of drug-likeness (QED) is 0.415. The summed E-state index contributed by atoms with van der Waals surface area (Å²) in [5, 5.41) is 19.1. The molecule has 2 aromatic rings. The minimum absolute atomic E-state index is 0.0487. The van der Waals surface area contributed by atoms with Crippen LogP contribution in [0.15, 0.2) is 70.4 Å². The molecule has 0 fully saturated rings. The van der Waals surface area contributed by atoms with Crippen LogP contribution < -0.4 is 10.6 Å². The van der Waals surface area contributed by atoms with E-state index >= 15 is 0 Å². The van der Waals surface area contributed by atoms with Gasteiger partial charge in [0.2, 0.25) is 5.91 Å². The highest BCUT2D eigenvalue weighted by Crippen LogP contribution is 2.41. The second-order valence-corrected chi connectivity index (χ2v) is 8.88. The monoisotopic (exact) mass is 486 g/mol. The number of esters is 1. The molecular weight excluding hydrogens is 468 g/mol. The summed E-state index contributed by atoms with van der Waals surface area (Å²) >= 11 is 8.53. The van der Waals surface area contributed by atoms with Crippen LogP contribution in [0.4, 0.5) is 5.13 Å². The van der Waals surface area contributed by atoms with Crippen LogP contribution in [0.25, 0.3) is 0 Å². The van der Waals surface area contributed by atoms with Gasteiger partial charge in [0.15, 0.2) is 5.13 Å². The van der Waals surface area contributed by atoms with Gasteiger partial charge in [-0.3, -0.25) is 4.79 Å². The maximum Gasteiger partial charge on any atom is 0.337 e. The highest BCUT2D eigenvalue weighted by atomic mass is 35.5. The van der Waals surface area contributed by atoms with Gasteiger partial charge >= 0.3 is 5.97 Å². The number of rotatable bonds is 8. The van der Waals surface area contributed by atoms with Gasteiger partial charge < -0.3 is 15.4 Å². The van der Waals surface area contributed by atoms with E-state index in [9.17, 15) is 14.9 Å². The first kappa shape index (κ1) is 23.6. The second-order valence-electron chi connectivity index (χ2n) is 6.56. The molecule has 2 N–H and O–H groups in total. The summed E-state index contributed by atoms with van der Waals surface area (Å²) < 4.78 is 5.27. The van der Waals surface area contributed by atoms with Crippen LogP contribution in [0.3, 0.4) is 0 Å². The molecule has 3 rings (SSSR count). The Morgan fingerprint density at radius 3 is 2.81 bits per heavy atom. The van der Waals surface area contributed by atoms with E-state index in [1.165, 1.54) is 29.2 Å². The molecule has 32 heavy (non-hydrogen) atoms. The van der Waals surface area contributed by atoms with Crippen molar-refractivity contribution >= 4 is 51.7 Å². The topological polar surface area (TPSA) is 104 Å². The van der Waals surface area contributed by atoms with E-state index < -0.39 is 11.9 Å². The summed E-state index contributed by atoms with van der Waals surface area (Å²) in [6.45, 7) is 5.35. The molecule has 1 aliphatic rings. The fourth-order valence-corrected chi connectivity index (χ4v) is 4.64. The molecule has 1 atom stereocenters. The number of hydrogen-bond donors (Lipinski definition) is 2. The number of nitrogens with zero attached hydrogens (tertiary/aromatic N) is 2. The number of carbonyl (C=O) groups excluding carboxylic acids is 2. The van der Waals surface area contributed by atoms with Gasteiger partial charge in [0, 0.05) is 22.3 Å². The van der Waals surface area contributed by atoms with Crippen LogP contribution >= 0.6 is 34.7 Å². The summed E-state index contributed by atoms with van der Waals surface area (Å²) in [6.07, 6.45) is 3.08. The first-order valence-corrected chi connectivity index (χ1v) is 11.7. The molecule has 0 saturated carbocycles. The van der Waals surface area contributed by atoms with Crippen molar-refractivity contribution in [1.82, 2.24) is 10.3 Å². The number of nitrogens with one attached hydrogen (secondary N) is 2. The molecule has 1 amide bonds. The molecular formula is C22H19ClN4O3S2. The van der Waals surface area contributed by atoms with Gasteiger partial charge in [0.05, 0.1) is 33.9 Å². The number of thioether (sulfide) groups is 1. The number of thiazole rings is 1. The molecule has 0 radical (unpaired) electrons. The predicted molar refractivity (Wildman–Crippen MR) is 127 cm³/mol. The van der Waals surface area contributed by atoms with E-state index in [-0.39, 0.29) is 18.3 Å². The molecule has 1 aliphatic heterocycles. The Bertz CT molecular complexity index is 1120. The molecule has 0 aliphatic carbocycles. The SMILES string of the molecule is C=CCOC(=O)C1=C(C)NC(SCC(=O)Nc2nccs2)=C(C#N)[C@H]1c1ccc(Cl)cc1. The Morgan fingerprint density at radius 1 is 1.44 bits per heavy atom. The molecule has 0 bridgehead atoms. The number of halogens is 1. The van der Waals surface area contributed by atoms with Gasteiger partial charge in [-0.1, -0.05) is 48.2 Å². The lowest BCUT2D eigenvalue weighted by Crippen LogP contribution is -2.29. The van der Waals surface area contributed by atoms with Gasteiger partial charge in [-0.25, -0.2) is 9.78 Å². The fraction of sp³-hybridized carbons (Fsp3) is 0.182. The Balaban J connectivity index is 1.92. The Labute approximate surface area is 198 Å². The lowest BCUT2D eigenvalue weighted by atomic mass is 9.82. The van der Waals surface area contributed by atoms with Crippen LogP contribution in [0, 0.1) is 11.3 Å². The molecule has 164 valence electrons. The van der Waals surface area contributed by atoms with Crippen LogP contribution in [0.2, 0.25) is 5.02 Å². The highest BCUT2D eigenvalue weighted by molar-refractivity contribution is 8.03. The summed E-state index contributed by atoms with van der Waals surface area (Å²) in [5.41, 5.74) is 1.89. The molecule has 1 aromatic carbocycles. The van der Waals surface area contributed by atoms with Gasteiger partial charge in [0.1, 0.15) is 6.61 Å². The smallest absolute Gasteiger partial charge is 0.337 e. The van der Waals surface area contributed by atoms with Crippen LogP contribution in [0.1, 0.15) is 18.4 Å². The third kappa shape index (κ3) is 5.59. The predicted octanol–water partition coefficient (Wildman–Crippen LogP) is 4.59. The summed E-state index contributed by atoms with van der Waals surface area (Å²) in [7, 11) is 0. The van der Waals surface area contributed by atoms with E-state index in [1.54, 1.807) is 42.8 Å². The van der Waals surface area contributed by atoms with E-state index in [0.717, 1.165) is 0 Å². The minimum Gasteiger partial charge on any atom is -0.458 e. The van der Waals surface area contributed by atoms with Gasteiger partial charge in [-0.15, -0.1) is 11.3 Å². The number of allylic oxidation sites excluding steroid dienone is 2. The van der Waals surface area contributed by atoms with Crippen molar-refractivity contribution < 1.29 is 14.3 Å². The third-order valence-corrected chi connectivity index (χ3v) is 6.39. The molecule has 7 nitrogen and oxygen atoms in total. The minimum atomic E-state index is -0.666. The molecule has 1 aromatic heterocycles.